The number of alkyl halides is 3. The van der Waals surface area contributed by atoms with Crippen LogP contribution in [0.15, 0.2) is 97.6 Å². The molecule has 4 rings (SSSR count). The molecule has 0 unspecified atom stereocenters. The summed E-state index contributed by atoms with van der Waals surface area (Å²) in [4.78, 5) is 38.3. The van der Waals surface area contributed by atoms with Crippen molar-refractivity contribution in [3.05, 3.63) is 120 Å². The minimum absolute atomic E-state index is 0. The molecule has 0 radical (unpaired) electrons. The molecule has 0 bridgehead atoms. The average Bonchev–Trinajstić information content (AvgIpc) is 2.90. The third-order valence-corrected chi connectivity index (χ3v) is 4.45. The number of aromatic nitrogens is 2. The normalized spacial score (nSPS) is 9.82. The Kier molecular flexibility index (Phi) is 12.8. The second kappa shape index (κ2) is 15.5. The number of hydrogen-bond donors (Lipinski definition) is 1. The van der Waals surface area contributed by atoms with Crippen molar-refractivity contribution in [2.45, 2.75) is 6.18 Å². The summed E-state index contributed by atoms with van der Waals surface area (Å²) >= 11 is 0. The second-order valence-electron chi connectivity index (χ2n) is 7.08. The van der Waals surface area contributed by atoms with Gasteiger partial charge in [-0.15, -0.1) is 0 Å². The van der Waals surface area contributed by atoms with Crippen molar-refractivity contribution < 1.29 is 42.9 Å². The third kappa shape index (κ3) is 11.0. The van der Waals surface area contributed by atoms with Gasteiger partial charge in [-0.05, 0) is 48.5 Å². The largest absolute Gasteiger partial charge is 3.00 e. The molecule has 0 spiro atoms. The molecule has 0 atom stereocenters. The van der Waals surface area contributed by atoms with Gasteiger partial charge in [0.05, 0.1) is 23.5 Å². The zero-order valence-corrected chi connectivity index (χ0v) is 20.9. The van der Waals surface area contributed by atoms with E-state index in [2.05, 4.69) is 15.3 Å². The zero-order valence-electron chi connectivity index (χ0n) is 19.8. The van der Waals surface area contributed by atoms with Crippen molar-refractivity contribution in [2.24, 2.45) is 0 Å². The fourth-order valence-corrected chi connectivity index (χ4v) is 2.67. The maximum absolute atomic E-state index is 12.6. The van der Waals surface area contributed by atoms with Crippen LogP contribution in [-0.2, 0) is 6.18 Å². The van der Waals surface area contributed by atoms with Crippen molar-refractivity contribution in [3.8, 4) is 0 Å². The van der Waals surface area contributed by atoms with Gasteiger partial charge in [-0.25, -0.2) is 0 Å². The van der Waals surface area contributed by atoms with Crippen molar-refractivity contribution in [3.63, 3.8) is 0 Å². The number of carbonyl (C=O) groups is 3. The number of para-hydroxylation sites is 1. The van der Waals surface area contributed by atoms with Gasteiger partial charge in [0, 0.05) is 52.9 Å². The van der Waals surface area contributed by atoms with Crippen molar-refractivity contribution in [1.29, 1.82) is 0 Å². The molecule has 0 aliphatic heterocycles. The molecule has 0 saturated heterocycles. The molecule has 0 aliphatic rings. The first kappa shape index (κ1) is 32.3. The summed E-state index contributed by atoms with van der Waals surface area (Å²) in [5.41, 5.74) is -0.298. The number of pyridine rings is 2. The van der Waals surface area contributed by atoms with E-state index in [0.29, 0.717) is 0 Å². The van der Waals surface area contributed by atoms with Gasteiger partial charge in [-0.1, -0.05) is 24.3 Å². The minimum atomic E-state index is -4.45. The van der Waals surface area contributed by atoms with Gasteiger partial charge in [-0.2, -0.15) is 13.2 Å². The third-order valence-electron chi connectivity index (χ3n) is 4.45. The first-order chi connectivity index (χ1) is 18.0. The van der Waals surface area contributed by atoms with Crippen LogP contribution in [0.2, 0.25) is 0 Å². The zero-order chi connectivity index (χ0) is 28.1. The number of carboxylic acids is 3. The van der Waals surface area contributed by atoms with Crippen LogP contribution in [0.5, 0.6) is 0 Å². The van der Waals surface area contributed by atoms with Crippen LogP contribution in [0.1, 0.15) is 36.6 Å². The van der Waals surface area contributed by atoms with E-state index in [1.807, 2.05) is 0 Å². The predicted octanol–water partition coefficient (Wildman–Crippen LogP) is 1.32. The van der Waals surface area contributed by atoms with Crippen LogP contribution in [0.3, 0.4) is 0 Å². The molecule has 0 fully saturated rings. The van der Waals surface area contributed by atoms with Crippen molar-refractivity contribution in [1.82, 2.24) is 9.97 Å². The van der Waals surface area contributed by atoms with Crippen LogP contribution < -0.4 is 20.6 Å². The van der Waals surface area contributed by atoms with Crippen molar-refractivity contribution in [2.75, 3.05) is 5.32 Å². The second-order valence-corrected chi connectivity index (χ2v) is 7.08. The first-order valence-electron chi connectivity index (χ1n) is 10.5. The number of carboxylic acid groups (broad SMARTS) is 3. The average molecular weight is 551 g/mol. The fraction of sp³-hybridized carbons (Fsp3) is 0.0385. The van der Waals surface area contributed by atoms with Gasteiger partial charge in [0.1, 0.15) is 0 Å². The number of nitrogens with zero attached hydrogens (tertiary/aromatic N) is 2. The van der Waals surface area contributed by atoms with Crippen LogP contribution in [0.4, 0.5) is 24.5 Å². The Labute approximate surface area is 230 Å². The molecular weight excluding hydrogens is 534 g/mol. The number of anilines is 2. The minimum Gasteiger partial charge on any atom is -0.545 e. The SMILES string of the molecule is O=C([O-])c1ccccc1Nc1cccc(C(F)(F)F)c1.O=C([O-])c1ccncc1.O=C([O-])c1ccncc1.[Al+3]. The molecule has 39 heavy (non-hydrogen) atoms. The van der Waals surface area contributed by atoms with Gasteiger partial charge >= 0.3 is 23.5 Å². The maximum Gasteiger partial charge on any atom is 3.00 e. The molecule has 0 saturated carbocycles. The number of benzene rings is 2. The molecule has 196 valence electrons. The number of rotatable bonds is 5. The smallest absolute Gasteiger partial charge is 0.545 e. The van der Waals surface area contributed by atoms with E-state index in [1.54, 1.807) is 6.07 Å². The van der Waals surface area contributed by atoms with E-state index in [1.165, 1.54) is 79.4 Å². The molecule has 9 nitrogen and oxygen atoms in total. The van der Waals surface area contributed by atoms with E-state index < -0.39 is 29.6 Å². The number of carbonyl (C=O) groups excluding carboxylic acids is 3. The van der Waals surface area contributed by atoms with Gasteiger partial charge in [0.25, 0.3) is 0 Å². The molecule has 13 heteroatoms. The van der Waals surface area contributed by atoms with Gasteiger partial charge in [0.15, 0.2) is 0 Å². The Hall–Kier alpha value is -4.73. The first-order valence-corrected chi connectivity index (χ1v) is 10.5. The van der Waals surface area contributed by atoms with E-state index in [4.69, 9.17) is 0 Å². The van der Waals surface area contributed by atoms with Crippen LogP contribution >= 0.6 is 0 Å². The van der Waals surface area contributed by atoms with Gasteiger partial charge in [-0.3, -0.25) is 9.97 Å². The van der Waals surface area contributed by atoms with Crippen LogP contribution in [0, 0.1) is 0 Å². The summed E-state index contributed by atoms with van der Waals surface area (Å²) in [6.07, 6.45) is 1.18. The molecule has 0 aliphatic carbocycles. The number of hydrogen-bond acceptors (Lipinski definition) is 9. The van der Waals surface area contributed by atoms with E-state index in [0.717, 1.165) is 12.1 Å². The molecular formula is C26H17AlF3N3O6. The molecule has 2 aromatic heterocycles. The summed E-state index contributed by atoms with van der Waals surface area (Å²) < 4.78 is 37.7. The van der Waals surface area contributed by atoms with Gasteiger partial charge < -0.3 is 35.0 Å². The summed E-state index contributed by atoms with van der Waals surface area (Å²) in [6, 6.07) is 15.9. The Morgan fingerprint density at radius 2 is 1.15 bits per heavy atom. The molecule has 1 N–H and O–H groups in total. The Morgan fingerprint density at radius 1 is 0.667 bits per heavy atom. The topological polar surface area (TPSA) is 158 Å². The summed E-state index contributed by atoms with van der Waals surface area (Å²) in [5.74, 6) is -3.74. The Balaban J connectivity index is 0.000000333. The van der Waals surface area contributed by atoms with Crippen LogP contribution in [-0.4, -0.2) is 45.2 Å². The Morgan fingerprint density at radius 3 is 1.56 bits per heavy atom. The molecule has 2 heterocycles. The standard InChI is InChI=1S/C14H10F3NO2.2C6H5NO2.Al/c15-14(16,17)9-4-3-5-10(8-9)18-12-7-2-1-6-11(12)13(19)20;2*8-6(9)5-1-3-7-4-2-5;/h1-8,18H,(H,19,20);2*1-4H,(H,8,9);/q;;;+3/p-3. The summed E-state index contributed by atoms with van der Waals surface area (Å²) in [7, 11) is 0. The monoisotopic (exact) mass is 551 g/mol. The fourth-order valence-electron chi connectivity index (χ4n) is 2.67. The molecule has 0 amide bonds. The quantitative estimate of drug-likeness (QED) is 0.361. The van der Waals surface area contributed by atoms with E-state index >= 15 is 0 Å². The Bertz CT molecular complexity index is 1320. The van der Waals surface area contributed by atoms with Crippen molar-refractivity contribution >= 4 is 46.6 Å². The summed E-state index contributed by atoms with van der Waals surface area (Å²) in [6.45, 7) is 0. The number of halogens is 3. The number of aromatic carboxylic acids is 3. The predicted molar refractivity (Wildman–Crippen MR) is 128 cm³/mol. The van der Waals surface area contributed by atoms with E-state index in [-0.39, 0.29) is 45.4 Å². The summed E-state index contributed by atoms with van der Waals surface area (Å²) in [5, 5.41) is 33.7. The van der Waals surface area contributed by atoms with Gasteiger partial charge in [0.2, 0.25) is 0 Å². The van der Waals surface area contributed by atoms with Crippen LogP contribution in [0.25, 0.3) is 0 Å². The number of nitrogens with one attached hydrogen (secondary N) is 1. The molecule has 2 aromatic carbocycles. The molecule has 4 aromatic rings. The van der Waals surface area contributed by atoms with E-state index in [9.17, 15) is 42.9 Å². The maximum atomic E-state index is 12.6.